The Labute approximate surface area is 556 Å². The van der Waals surface area contributed by atoms with E-state index < -0.39 is 97.5 Å². The van der Waals surface area contributed by atoms with Gasteiger partial charge in [-0.3, -0.25) is 37.3 Å². The fourth-order valence-electron chi connectivity index (χ4n) is 10.9. The van der Waals surface area contributed by atoms with Crippen LogP contribution in [0.1, 0.15) is 363 Å². The maximum Gasteiger partial charge on any atom is 0.472 e. The van der Waals surface area contributed by atoms with Gasteiger partial charge >= 0.3 is 39.5 Å². The van der Waals surface area contributed by atoms with E-state index in [-0.39, 0.29) is 25.7 Å². The molecule has 19 heteroatoms. The van der Waals surface area contributed by atoms with Gasteiger partial charge in [-0.2, -0.15) is 0 Å². The van der Waals surface area contributed by atoms with Gasteiger partial charge < -0.3 is 33.8 Å². The number of carbonyl (C=O) groups is 4. The lowest BCUT2D eigenvalue weighted by Crippen LogP contribution is -2.30. The van der Waals surface area contributed by atoms with Crippen LogP contribution < -0.4 is 0 Å². The van der Waals surface area contributed by atoms with Gasteiger partial charge in [0, 0.05) is 25.7 Å². The van der Waals surface area contributed by atoms with Crippen LogP contribution in [0.3, 0.4) is 0 Å². The van der Waals surface area contributed by atoms with Gasteiger partial charge in [0.05, 0.1) is 26.4 Å². The van der Waals surface area contributed by atoms with Crippen molar-refractivity contribution in [2.75, 3.05) is 39.6 Å². The molecule has 0 saturated heterocycles. The van der Waals surface area contributed by atoms with Crippen molar-refractivity contribution in [1.29, 1.82) is 0 Å². The number of ether oxygens (including phenoxy) is 4. The quantitative estimate of drug-likeness (QED) is 0.0222. The third kappa shape index (κ3) is 66.5. The number of hydrogen-bond acceptors (Lipinski definition) is 15. The normalized spacial score (nSPS) is 14.2. The van der Waals surface area contributed by atoms with Crippen LogP contribution in [-0.2, 0) is 65.4 Å². The fraction of sp³-hybridized carbons (Fsp3) is 0.944. The summed E-state index contributed by atoms with van der Waals surface area (Å²) in [6, 6.07) is 0. The third-order valence-corrected chi connectivity index (χ3v) is 18.5. The number of hydrogen-bond donors (Lipinski definition) is 3. The van der Waals surface area contributed by atoms with E-state index in [1.807, 2.05) is 0 Å². The number of unbranched alkanes of at least 4 members (excludes halogenated alkanes) is 38. The highest BCUT2D eigenvalue weighted by molar-refractivity contribution is 7.47. The maximum absolute atomic E-state index is 13.0. The van der Waals surface area contributed by atoms with Gasteiger partial charge in [-0.05, 0) is 43.4 Å². The van der Waals surface area contributed by atoms with Gasteiger partial charge in [0.15, 0.2) is 12.2 Å². The summed E-state index contributed by atoms with van der Waals surface area (Å²) in [4.78, 5) is 72.5. The van der Waals surface area contributed by atoms with Crippen LogP contribution >= 0.6 is 15.6 Å². The second kappa shape index (κ2) is 62.8. The van der Waals surface area contributed by atoms with Crippen LogP contribution in [-0.4, -0.2) is 96.7 Å². The zero-order valence-corrected chi connectivity index (χ0v) is 61.1. The molecule has 0 bridgehead atoms. The maximum atomic E-state index is 13.0. The van der Waals surface area contributed by atoms with E-state index in [1.54, 1.807) is 0 Å². The van der Waals surface area contributed by atoms with Crippen LogP contribution in [0.4, 0.5) is 0 Å². The molecule has 2 unspecified atom stereocenters. The molecule has 0 saturated carbocycles. The minimum atomic E-state index is -4.95. The molecule has 17 nitrogen and oxygen atoms in total. The summed E-state index contributed by atoms with van der Waals surface area (Å²) in [5, 5.41) is 10.6. The van der Waals surface area contributed by atoms with Crippen molar-refractivity contribution in [3.63, 3.8) is 0 Å². The monoisotopic (exact) mass is 1340 g/mol. The standard InChI is InChI=1S/C72H140O17P2/c1-8-9-10-11-12-13-14-15-20-23-26-31-39-46-53-69(74)82-59-67(88-71(76)55-48-41-32-27-24-21-18-16-17-19-22-25-29-36-43-50-63(2)3)61-86-90(78,79)84-57-66(73)58-85-91(80,81)87-62-68(60-83-70(75)54-47-40-35-34-38-45-52-65(6)7)89-72(77)56-49-42-33-28-30-37-44-51-64(4)5/h63-68,73H,8-62H2,1-7H3,(H,78,79)(H,80,81)/t66-,67-,68-/m1/s1. The minimum Gasteiger partial charge on any atom is -0.462 e. The van der Waals surface area contributed by atoms with Crippen LogP contribution in [0, 0.1) is 17.8 Å². The lowest BCUT2D eigenvalue weighted by molar-refractivity contribution is -0.161. The predicted octanol–water partition coefficient (Wildman–Crippen LogP) is 20.6. The smallest absolute Gasteiger partial charge is 0.462 e. The van der Waals surface area contributed by atoms with E-state index in [0.29, 0.717) is 37.5 Å². The molecule has 91 heavy (non-hydrogen) atoms. The molecular formula is C72H140O17P2. The summed E-state index contributed by atoms with van der Waals surface area (Å²) in [5.41, 5.74) is 0. The number of carbonyl (C=O) groups excluding carboxylic acids is 4. The summed E-state index contributed by atoms with van der Waals surface area (Å²) < 4.78 is 68.3. The largest absolute Gasteiger partial charge is 0.472 e. The zero-order chi connectivity index (χ0) is 67.3. The number of aliphatic hydroxyl groups excluding tert-OH is 1. The lowest BCUT2D eigenvalue weighted by atomic mass is 10.0. The predicted molar refractivity (Wildman–Crippen MR) is 368 cm³/mol. The molecule has 0 aliphatic carbocycles. The van der Waals surface area contributed by atoms with Crippen molar-refractivity contribution >= 4 is 39.5 Å². The Morgan fingerprint density at radius 1 is 0.297 bits per heavy atom. The Bertz CT molecular complexity index is 1780. The second-order valence-corrected chi connectivity index (χ2v) is 30.3. The molecule has 0 aromatic carbocycles. The summed E-state index contributed by atoms with van der Waals surface area (Å²) in [6.07, 6.45) is 47.5. The average molecular weight is 1340 g/mol. The van der Waals surface area contributed by atoms with Crippen molar-refractivity contribution in [1.82, 2.24) is 0 Å². The Morgan fingerprint density at radius 3 is 0.747 bits per heavy atom. The average Bonchev–Trinajstić information content (AvgIpc) is 3.72. The third-order valence-electron chi connectivity index (χ3n) is 16.6. The molecule has 0 heterocycles. The van der Waals surface area contributed by atoms with Gasteiger partial charge in [-0.25, -0.2) is 9.13 Å². The molecule has 540 valence electrons. The highest BCUT2D eigenvalue weighted by Crippen LogP contribution is 2.45. The van der Waals surface area contributed by atoms with Crippen molar-refractivity contribution < 1.29 is 80.2 Å². The first-order valence-electron chi connectivity index (χ1n) is 37.3. The minimum absolute atomic E-state index is 0.102. The molecule has 0 fully saturated rings. The Hall–Kier alpha value is -1.94. The summed E-state index contributed by atoms with van der Waals surface area (Å²) in [5.74, 6) is 0.0509. The Balaban J connectivity index is 5.22. The van der Waals surface area contributed by atoms with Crippen molar-refractivity contribution in [3.05, 3.63) is 0 Å². The van der Waals surface area contributed by atoms with Gasteiger partial charge in [0.1, 0.15) is 19.3 Å². The first-order valence-corrected chi connectivity index (χ1v) is 40.3. The first kappa shape index (κ1) is 89.1. The van der Waals surface area contributed by atoms with Crippen LogP contribution in [0.5, 0.6) is 0 Å². The van der Waals surface area contributed by atoms with E-state index in [2.05, 4.69) is 48.5 Å². The molecule has 0 aromatic heterocycles. The number of aliphatic hydroxyl groups is 1. The van der Waals surface area contributed by atoms with Crippen molar-refractivity contribution in [2.24, 2.45) is 17.8 Å². The number of rotatable bonds is 70. The summed E-state index contributed by atoms with van der Waals surface area (Å²) in [6.45, 7) is 11.7. The first-order chi connectivity index (χ1) is 43.7. The summed E-state index contributed by atoms with van der Waals surface area (Å²) in [7, 11) is -9.90. The van der Waals surface area contributed by atoms with E-state index in [0.717, 1.165) is 102 Å². The van der Waals surface area contributed by atoms with E-state index >= 15 is 0 Å². The van der Waals surface area contributed by atoms with Gasteiger partial charge in [-0.15, -0.1) is 0 Å². The topological polar surface area (TPSA) is 237 Å². The highest BCUT2D eigenvalue weighted by atomic mass is 31.2. The number of phosphoric acid groups is 2. The van der Waals surface area contributed by atoms with Crippen LogP contribution in [0.15, 0.2) is 0 Å². The number of phosphoric ester groups is 2. The lowest BCUT2D eigenvalue weighted by Gasteiger charge is -2.21. The molecule has 0 aliphatic heterocycles. The molecule has 0 radical (unpaired) electrons. The molecule has 0 aromatic rings. The number of esters is 4. The summed E-state index contributed by atoms with van der Waals surface area (Å²) >= 11 is 0. The molecule has 0 aliphatic rings. The Morgan fingerprint density at radius 2 is 0.505 bits per heavy atom. The van der Waals surface area contributed by atoms with E-state index in [4.69, 9.17) is 37.0 Å². The SMILES string of the molecule is CCCCCCCCCCCCCCCCC(=O)OC[C@H](COP(=O)(O)OC[C@@H](O)COP(=O)(O)OC[C@@H](COC(=O)CCCCCCCCC(C)C)OC(=O)CCCCCCCCCC(C)C)OC(=O)CCCCCCCCCCCCCCCCCC(C)C. The molecule has 0 rings (SSSR count). The van der Waals surface area contributed by atoms with Gasteiger partial charge in [0.25, 0.3) is 0 Å². The Kier molecular flexibility index (Phi) is 61.5. The van der Waals surface area contributed by atoms with Crippen LogP contribution in [0.2, 0.25) is 0 Å². The fourth-order valence-corrected chi connectivity index (χ4v) is 12.5. The molecule has 0 amide bonds. The molecule has 5 atom stereocenters. The van der Waals surface area contributed by atoms with Crippen molar-refractivity contribution in [2.45, 2.75) is 381 Å². The second-order valence-electron chi connectivity index (χ2n) is 27.4. The van der Waals surface area contributed by atoms with Gasteiger partial charge in [0.2, 0.25) is 0 Å². The van der Waals surface area contributed by atoms with E-state index in [9.17, 15) is 43.2 Å². The highest BCUT2D eigenvalue weighted by Gasteiger charge is 2.30. The van der Waals surface area contributed by atoms with Gasteiger partial charge in [-0.1, -0.05) is 312 Å². The molecular weight excluding hydrogens is 1200 g/mol. The van der Waals surface area contributed by atoms with Crippen LogP contribution in [0.25, 0.3) is 0 Å². The zero-order valence-electron chi connectivity index (χ0n) is 59.3. The molecule has 3 N–H and O–H groups in total. The molecule has 0 spiro atoms. The van der Waals surface area contributed by atoms with Crippen molar-refractivity contribution in [3.8, 4) is 0 Å². The van der Waals surface area contributed by atoms with E-state index in [1.165, 1.54) is 167 Å².